The molecular formula is C15H26N2. The zero-order valence-corrected chi connectivity index (χ0v) is 12.3. The molecule has 0 radical (unpaired) electrons. The lowest BCUT2D eigenvalue weighted by molar-refractivity contribution is 0.271. The SMILES string of the molecule is CN(C(=NC(C)(C)C)C1C=CC=C1)C(C)(C)C. The largest absolute Gasteiger partial charge is 0.358 e. The predicted octanol–water partition coefficient (Wildman–Crippen LogP) is 3.66. The number of nitrogens with zero attached hydrogens (tertiary/aromatic N) is 2. The van der Waals surface area contributed by atoms with Crippen LogP contribution in [0.25, 0.3) is 0 Å². The maximum Gasteiger partial charge on any atom is 0.111 e. The maximum atomic E-state index is 4.90. The quantitative estimate of drug-likeness (QED) is 0.499. The van der Waals surface area contributed by atoms with E-state index in [2.05, 4.69) is 77.8 Å². The average Bonchev–Trinajstić information content (AvgIpc) is 2.62. The Kier molecular flexibility index (Phi) is 3.85. The first kappa shape index (κ1) is 14.0. The second-order valence-electron chi connectivity index (χ2n) is 6.67. The monoisotopic (exact) mass is 234 g/mol. The first-order valence-electron chi connectivity index (χ1n) is 6.30. The summed E-state index contributed by atoms with van der Waals surface area (Å²) in [6, 6.07) is 0. The van der Waals surface area contributed by atoms with Crippen LogP contribution < -0.4 is 0 Å². The third kappa shape index (κ3) is 4.03. The minimum atomic E-state index is -0.0425. The Labute approximate surface area is 106 Å². The van der Waals surface area contributed by atoms with Crippen molar-refractivity contribution in [1.29, 1.82) is 0 Å². The molecule has 0 fully saturated rings. The lowest BCUT2D eigenvalue weighted by Gasteiger charge is -2.37. The van der Waals surface area contributed by atoms with Crippen LogP contribution in [0.15, 0.2) is 29.3 Å². The molecule has 0 unspecified atom stereocenters. The number of rotatable bonds is 1. The van der Waals surface area contributed by atoms with Gasteiger partial charge in [-0.3, -0.25) is 4.99 Å². The van der Waals surface area contributed by atoms with Gasteiger partial charge in [0, 0.05) is 12.6 Å². The van der Waals surface area contributed by atoms with E-state index in [-0.39, 0.29) is 11.1 Å². The van der Waals surface area contributed by atoms with E-state index in [0.29, 0.717) is 5.92 Å². The van der Waals surface area contributed by atoms with E-state index in [1.165, 1.54) is 0 Å². The van der Waals surface area contributed by atoms with Gasteiger partial charge in [-0.2, -0.15) is 0 Å². The molecular weight excluding hydrogens is 208 g/mol. The van der Waals surface area contributed by atoms with Gasteiger partial charge in [-0.1, -0.05) is 24.3 Å². The fraction of sp³-hybridized carbons (Fsp3) is 0.667. The first-order chi connectivity index (χ1) is 7.61. The Morgan fingerprint density at radius 3 is 1.82 bits per heavy atom. The molecule has 1 rings (SSSR count). The highest BCUT2D eigenvalue weighted by Gasteiger charge is 2.26. The highest BCUT2D eigenvalue weighted by Crippen LogP contribution is 2.22. The van der Waals surface area contributed by atoms with Gasteiger partial charge in [0.2, 0.25) is 0 Å². The van der Waals surface area contributed by atoms with Gasteiger partial charge in [0.15, 0.2) is 0 Å². The lowest BCUT2D eigenvalue weighted by Crippen LogP contribution is -2.45. The van der Waals surface area contributed by atoms with E-state index in [4.69, 9.17) is 4.99 Å². The summed E-state index contributed by atoms with van der Waals surface area (Å²) in [7, 11) is 2.13. The minimum absolute atomic E-state index is 0.0425. The van der Waals surface area contributed by atoms with Crippen molar-refractivity contribution in [3.8, 4) is 0 Å². The summed E-state index contributed by atoms with van der Waals surface area (Å²) in [6.07, 6.45) is 8.60. The summed E-state index contributed by atoms with van der Waals surface area (Å²) in [4.78, 5) is 7.18. The van der Waals surface area contributed by atoms with Crippen molar-refractivity contribution in [2.75, 3.05) is 7.05 Å². The van der Waals surface area contributed by atoms with Crippen LogP contribution in [-0.2, 0) is 0 Å². The minimum Gasteiger partial charge on any atom is -0.358 e. The molecule has 2 nitrogen and oxygen atoms in total. The maximum absolute atomic E-state index is 4.90. The van der Waals surface area contributed by atoms with Gasteiger partial charge >= 0.3 is 0 Å². The molecule has 0 saturated heterocycles. The molecule has 0 heterocycles. The second-order valence-corrected chi connectivity index (χ2v) is 6.67. The van der Waals surface area contributed by atoms with Crippen molar-refractivity contribution < 1.29 is 0 Å². The molecule has 0 aromatic rings. The molecule has 0 spiro atoms. The summed E-state index contributed by atoms with van der Waals surface area (Å²) in [5, 5.41) is 0. The second kappa shape index (κ2) is 4.67. The van der Waals surface area contributed by atoms with E-state index in [0.717, 1.165) is 5.84 Å². The van der Waals surface area contributed by atoms with Crippen LogP contribution in [0.4, 0.5) is 0 Å². The van der Waals surface area contributed by atoms with Gasteiger partial charge in [-0.15, -0.1) is 0 Å². The summed E-state index contributed by atoms with van der Waals surface area (Å²) in [5.41, 5.74) is 0.0491. The van der Waals surface area contributed by atoms with Crippen LogP contribution >= 0.6 is 0 Å². The highest BCUT2D eigenvalue weighted by atomic mass is 15.2. The molecule has 1 aliphatic carbocycles. The van der Waals surface area contributed by atoms with Gasteiger partial charge in [0.25, 0.3) is 0 Å². The topological polar surface area (TPSA) is 15.6 Å². The van der Waals surface area contributed by atoms with Crippen molar-refractivity contribution in [3.63, 3.8) is 0 Å². The molecule has 0 aromatic heterocycles. The number of amidine groups is 1. The summed E-state index contributed by atoms with van der Waals surface area (Å²) >= 11 is 0. The molecule has 2 heteroatoms. The van der Waals surface area contributed by atoms with Gasteiger partial charge in [0.05, 0.1) is 11.5 Å². The van der Waals surface area contributed by atoms with E-state index in [1.807, 2.05) is 0 Å². The average molecular weight is 234 g/mol. The van der Waals surface area contributed by atoms with E-state index < -0.39 is 0 Å². The zero-order chi connectivity index (χ0) is 13.3. The molecule has 0 aliphatic heterocycles. The number of hydrogen-bond donors (Lipinski definition) is 0. The van der Waals surface area contributed by atoms with Crippen molar-refractivity contribution in [2.45, 2.75) is 52.6 Å². The molecule has 0 amide bonds. The molecule has 1 aliphatic rings. The molecule has 0 bridgehead atoms. The van der Waals surface area contributed by atoms with Gasteiger partial charge in [-0.25, -0.2) is 0 Å². The van der Waals surface area contributed by atoms with E-state index >= 15 is 0 Å². The summed E-state index contributed by atoms with van der Waals surface area (Å²) in [5.74, 6) is 1.47. The molecule has 17 heavy (non-hydrogen) atoms. The lowest BCUT2D eigenvalue weighted by atomic mass is 10.0. The van der Waals surface area contributed by atoms with Crippen LogP contribution in [0.2, 0.25) is 0 Å². The third-order valence-corrected chi connectivity index (χ3v) is 2.85. The molecule has 96 valence electrons. The Bertz CT molecular complexity index is 336. The van der Waals surface area contributed by atoms with Crippen LogP contribution in [0.5, 0.6) is 0 Å². The number of hydrogen-bond acceptors (Lipinski definition) is 1. The van der Waals surface area contributed by atoms with Crippen molar-refractivity contribution >= 4 is 5.84 Å². The Hall–Kier alpha value is -1.05. The van der Waals surface area contributed by atoms with Gasteiger partial charge in [-0.05, 0) is 41.5 Å². The Morgan fingerprint density at radius 2 is 1.47 bits per heavy atom. The van der Waals surface area contributed by atoms with E-state index in [1.54, 1.807) is 0 Å². The molecule has 0 atom stereocenters. The summed E-state index contributed by atoms with van der Waals surface area (Å²) in [6.45, 7) is 13.1. The smallest absolute Gasteiger partial charge is 0.111 e. The number of aliphatic imine (C=N–C) groups is 1. The number of allylic oxidation sites excluding steroid dienone is 2. The van der Waals surface area contributed by atoms with Crippen LogP contribution in [0, 0.1) is 5.92 Å². The van der Waals surface area contributed by atoms with Gasteiger partial charge in [0.1, 0.15) is 5.84 Å². The van der Waals surface area contributed by atoms with Crippen molar-refractivity contribution in [3.05, 3.63) is 24.3 Å². The fourth-order valence-electron chi connectivity index (χ4n) is 1.66. The van der Waals surface area contributed by atoms with Gasteiger partial charge < -0.3 is 4.90 Å². The molecule has 0 saturated carbocycles. The fourth-order valence-corrected chi connectivity index (χ4v) is 1.66. The van der Waals surface area contributed by atoms with Crippen LogP contribution in [0.1, 0.15) is 41.5 Å². The Morgan fingerprint density at radius 1 is 1.00 bits per heavy atom. The Balaban J connectivity index is 3.07. The zero-order valence-electron chi connectivity index (χ0n) is 12.3. The summed E-state index contributed by atoms with van der Waals surface area (Å²) < 4.78 is 0. The molecule has 0 N–H and O–H groups in total. The van der Waals surface area contributed by atoms with E-state index in [9.17, 15) is 0 Å². The van der Waals surface area contributed by atoms with Crippen molar-refractivity contribution in [2.24, 2.45) is 10.9 Å². The standard InChI is InChI=1S/C15H26N2/c1-14(2,3)16-13(12-10-8-9-11-12)17(7)15(4,5)6/h8-12H,1-7H3. The van der Waals surface area contributed by atoms with Crippen molar-refractivity contribution in [1.82, 2.24) is 4.90 Å². The first-order valence-corrected chi connectivity index (χ1v) is 6.30. The normalized spacial score (nSPS) is 17.9. The molecule has 0 aromatic carbocycles. The third-order valence-electron chi connectivity index (χ3n) is 2.85. The van der Waals surface area contributed by atoms with Crippen LogP contribution in [0.3, 0.4) is 0 Å². The highest BCUT2D eigenvalue weighted by molar-refractivity contribution is 5.89. The van der Waals surface area contributed by atoms with Crippen LogP contribution in [-0.4, -0.2) is 28.9 Å². The predicted molar refractivity (Wildman–Crippen MR) is 76.5 cm³/mol.